The van der Waals surface area contributed by atoms with Crippen LogP contribution in [0.2, 0.25) is 0 Å². The van der Waals surface area contributed by atoms with Gasteiger partial charge in [-0.3, -0.25) is 9.59 Å². The molecule has 3 aromatic rings. The average Bonchev–Trinajstić information content (AvgIpc) is 2.89. The second-order valence-electron chi connectivity index (χ2n) is 9.28. The van der Waals surface area contributed by atoms with Crippen molar-refractivity contribution >= 4 is 39.5 Å². The van der Waals surface area contributed by atoms with Gasteiger partial charge in [0.2, 0.25) is 11.8 Å². The lowest BCUT2D eigenvalue weighted by molar-refractivity contribution is -0.141. The molecule has 0 saturated carbocycles. The van der Waals surface area contributed by atoms with Crippen LogP contribution in [0.15, 0.2) is 89.4 Å². The molecule has 6 heteroatoms. The van der Waals surface area contributed by atoms with Crippen molar-refractivity contribution in [3.63, 3.8) is 0 Å². The third-order valence-electron chi connectivity index (χ3n) is 5.79. The van der Waals surface area contributed by atoms with Crippen LogP contribution in [0.25, 0.3) is 0 Å². The molecule has 0 radical (unpaired) electrons. The third kappa shape index (κ3) is 9.47. The minimum atomic E-state index is -0.582. The lowest BCUT2D eigenvalue weighted by Gasteiger charge is -2.32. The van der Waals surface area contributed by atoms with Gasteiger partial charge in [0.05, 0.1) is 0 Å². The second kappa shape index (κ2) is 14.9. The van der Waals surface area contributed by atoms with Crippen LogP contribution < -0.4 is 5.32 Å². The predicted octanol–water partition coefficient (Wildman–Crippen LogP) is 6.48. The van der Waals surface area contributed by atoms with E-state index in [0.29, 0.717) is 37.6 Å². The van der Waals surface area contributed by atoms with Gasteiger partial charge in [-0.05, 0) is 34.7 Å². The first-order chi connectivity index (χ1) is 17.4. The molecular formula is C30H35BrN2O2S. The Bertz CT molecular complexity index is 1080. The minimum Gasteiger partial charge on any atom is -0.354 e. The smallest absolute Gasteiger partial charge is 0.243 e. The molecule has 1 N–H and O–H groups in total. The summed E-state index contributed by atoms with van der Waals surface area (Å²) in [6.07, 6.45) is 0.862. The minimum absolute atomic E-state index is 0.000825. The maximum absolute atomic E-state index is 13.6. The quantitative estimate of drug-likeness (QED) is 0.241. The lowest BCUT2D eigenvalue weighted by Crippen LogP contribution is -2.51. The SMILES string of the molecule is CC(C)CNC(=O)[C@H](Cc1ccccc1)N(Cc1ccc(Br)cc1)C(=O)CCSCc1ccccc1. The zero-order valence-electron chi connectivity index (χ0n) is 21.0. The van der Waals surface area contributed by atoms with E-state index in [1.54, 1.807) is 16.7 Å². The zero-order valence-corrected chi connectivity index (χ0v) is 23.4. The first-order valence-corrected chi connectivity index (χ1v) is 14.3. The summed E-state index contributed by atoms with van der Waals surface area (Å²) in [6.45, 7) is 5.11. The molecule has 0 heterocycles. The van der Waals surface area contributed by atoms with Crippen LogP contribution in [0, 0.1) is 5.92 Å². The number of carbonyl (C=O) groups is 2. The first-order valence-electron chi connectivity index (χ1n) is 12.4. The summed E-state index contributed by atoms with van der Waals surface area (Å²) in [5.74, 6) is 1.80. The molecule has 0 aliphatic rings. The summed E-state index contributed by atoms with van der Waals surface area (Å²) in [6, 6.07) is 27.6. The molecular weight excluding hydrogens is 532 g/mol. The summed E-state index contributed by atoms with van der Waals surface area (Å²) < 4.78 is 0.983. The number of halogens is 1. The largest absolute Gasteiger partial charge is 0.354 e. The van der Waals surface area contributed by atoms with Crippen molar-refractivity contribution in [3.8, 4) is 0 Å². The van der Waals surface area contributed by atoms with E-state index in [2.05, 4.69) is 47.2 Å². The number of nitrogens with one attached hydrogen (secondary N) is 1. The molecule has 0 bridgehead atoms. The van der Waals surface area contributed by atoms with E-state index in [1.807, 2.05) is 72.8 Å². The molecule has 0 unspecified atom stereocenters. The Balaban J connectivity index is 1.78. The van der Waals surface area contributed by atoms with Gasteiger partial charge in [0.15, 0.2) is 0 Å². The standard InChI is InChI=1S/C30H35BrN2O2S/c1-23(2)20-32-30(35)28(19-24-9-5-3-6-10-24)33(21-25-13-15-27(31)16-14-25)29(34)17-18-36-22-26-11-7-4-8-12-26/h3-16,23,28H,17-22H2,1-2H3,(H,32,35)/t28-/m0/s1. The molecule has 3 aromatic carbocycles. The Morgan fingerprint density at radius 2 is 1.47 bits per heavy atom. The number of carbonyl (C=O) groups excluding carboxylic acids is 2. The number of rotatable bonds is 13. The molecule has 36 heavy (non-hydrogen) atoms. The molecule has 0 aliphatic carbocycles. The van der Waals surface area contributed by atoms with Gasteiger partial charge >= 0.3 is 0 Å². The summed E-state index contributed by atoms with van der Waals surface area (Å²) in [5, 5.41) is 3.08. The van der Waals surface area contributed by atoms with Gasteiger partial charge in [0.1, 0.15) is 6.04 Å². The van der Waals surface area contributed by atoms with E-state index in [0.717, 1.165) is 21.4 Å². The van der Waals surface area contributed by atoms with Crippen molar-refractivity contribution in [2.24, 2.45) is 5.92 Å². The van der Waals surface area contributed by atoms with E-state index >= 15 is 0 Å². The molecule has 0 saturated heterocycles. The number of amides is 2. The number of hydrogen-bond acceptors (Lipinski definition) is 3. The summed E-state index contributed by atoms with van der Waals surface area (Å²) in [7, 11) is 0. The highest BCUT2D eigenvalue weighted by Crippen LogP contribution is 2.19. The molecule has 4 nitrogen and oxygen atoms in total. The Morgan fingerprint density at radius 1 is 0.861 bits per heavy atom. The van der Waals surface area contributed by atoms with Crippen molar-refractivity contribution in [1.29, 1.82) is 0 Å². The number of hydrogen-bond donors (Lipinski definition) is 1. The van der Waals surface area contributed by atoms with Crippen molar-refractivity contribution in [2.75, 3.05) is 12.3 Å². The van der Waals surface area contributed by atoms with E-state index < -0.39 is 6.04 Å². The molecule has 0 aliphatic heterocycles. The fourth-order valence-corrected chi connectivity index (χ4v) is 4.99. The van der Waals surface area contributed by atoms with Crippen molar-refractivity contribution in [3.05, 3.63) is 106 Å². The van der Waals surface area contributed by atoms with Gasteiger partial charge in [-0.25, -0.2) is 0 Å². The Labute approximate surface area is 228 Å². The Kier molecular flexibility index (Phi) is 11.6. The summed E-state index contributed by atoms with van der Waals surface area (Å²) in [4.78, 5) is 28.8. The lowest BCUT2D eigenvalue weighted by atomic mass is 10.0. The third-order valence-corrected chi connectivity index (χ3v) is 7.35. The second-order valence-corrected chi connectivity index (χ2v) is 11.3. The van der Waals surface area contributed by atoms with Crippen molar-refractivity contribution in [1.82, 2.24) is 10.2 Å². The fourth-order valence-electron chi connectivity index (χ4n) is 3.83. The molecule has 0 fully saturated rings. The topological polar surface area (TPSA) is 49.4 Å². The molecule has 0 aromatic heterocycles. The Hall–Kier alpha value is -2.57. The van der Waals surface area contributed by atoms with Crippen LogP contribution in [0.5, 0.6) is 0 Å². The van der Waals surface area contributed by atoms with Crippen LogP contribution >= 0.6 is 27.7 Å². The normalized spacial score (nSPS) is 11.8. The maximum atomic E-state index is 13.6. The van der Waals surface area contributed by atoms with E-state index in [4.69, 9.17) is 0 Å². The number of thioether (sulfide) groups is 1. The van der Waals surface area contributed by atoms with Crippen molar-refractivity contribution < 1.29 is 9.59 Å². The molecule has 3 rings (SSSR count). The number of benzene rings is 3. The predicted molar refractivity (Wildman–Crippen MR) is 154 cm³/mol. The van der Waals surface area contributed by atoms with E-state index in [9.17, 15) is 9.59 Å². The van der Waals surface area contributed by atoms with Crippen molar-refractivity contribution in [2.45, 2.75) is 45.0 Å². The van der Waals surface area contributed by atoms with Crippen LogP contribution in [-0.2, 0) is 28.3 Å². The molecule has 2 amide bonds. The van der Waals surface area contributed by atoms with Crippen LogP contribution in [0.3, 0.4) is 0 Å². The Morgan fingerprint density at radius 3 is 2.08 bits per heavy atom. The monoisotopic (exact) mass is 566 g/mol. The molecule has 1 atom stereocenters. The highest BCUT2D eigenvalue weighted by Gasteiger charge is 2.30. The highest BCUT2D eigenvalue weighted by molar-refractivity contribution is 9.10. The van der Waals surface area contributed by atoms with E-state index in [1.165, 1.54) is 5.56 Å². The van der Waals surface area contributed by atoms with Crippen LogP contribution in [0.4, 0.5) is 0 Å². The van der Waals surface area contributed by atoms with Gasteiger partial charge in [-0.15, -0.1) is 0 Å². The average molecular weight is 568 g/mol. The van der Waals surface area contributed by atoms with Gasteiger partial charge in [-0.1, -0.05) is 103 Å². The van der Waals surface area contributed by atoms with Gasteiger partial charge in [0, 0.05) is 41.9 Å². The highest BCUT2D eigenvalue weighted by atomic mass is 79.9. The maximum Gasteiger partial charge on any atom is 0.243 e. The van der Waals surface area contributed by atoms with Gasteiger partial charge < -0.3 is 10.2 Å². The number of nitrogens with zero attached hydrogens (tertiary/aromatic N) is 1. The van der Waals surface area contributed by atoms with Crippen LogP contribution in [0.1, 0.15) is 37.0 Å². The molecule has 0 spiro atoms. The van der Waals surface area contributed by atoms with Gasteiger partial charge in [-0.2, -0.15) is 11.8 Å². The van der Waals surface area contributed by atoms with Gasteiger partial charge in [0.25, 0.3) is 0 Å². The summed E-state index contributed by atoms with van der Waals surface area (Å²) >= 11 is 5.23. The zero-order chi connectivity index (χ0) is 25.8. The van der Waals surface area contributed by atoms with E-state index in [-0.39, 0.29) is 11.8 Å². The van der Waals surface area contributed by atoms with Crippen LogP contribution in [-0.4, -0.2) is 35.1 Å². The fraction of sp³-hybridized carbons (Fsp3) is 0.333. The summed E-state index contributed by atoms with van der Waals surface area (Å²) in [5.41, 5.74) is 3.28. The molecule has 190 valence electrons. The first kappa shape index (κ1) is 28.0.